The number of hydrogen-bond acceptors (Lipinski definition) is 1. The van der Waals surface area contributed by atoms with Crippen LogP contribution in [0.4, 0.5) is 17.1 Å². The lowest BCUT2D eigenvalue weighted by Crippen LogP contribution is -2.60. The zero-order chi connectivity index (χ0) is 29.7. The van der Waals surface area contributed by atoms with Crippen LogP contribution in [-0.4, -0.2) is 15.7 Å². The van der Waals surface area contributed by atoms with Gasteiger partial charge in [-0.2, -0.15) is 0 Å². The largest absolute Gasteiger partial charge is 0.311 e. The van der Waals surface area contributed by atoms with Crippen LogP contribution in [0, 0.1) is 0 Å². The summed E-state index contributed by atoms with van der Waals surface area (Å²) in [7, 11) is 0. The summed E-state index contributed by atoms with van der Waals surface area (Å²) in [6.07, 6.45) is 0. The lowest BCUT2D eigenvalue weighted by molar-refractivity contribution is 1.18. The van der Waals surface area contributed by atoms with Crippen LogP contribution < -0.4 is 21.3 Å². The maximum Gasteiger partial charge on any atom is 0.252 e. The Morgan fingerprint density at radius 1 is 0.391 bits per heavy atom. The molecule has 46 heavy (non-hydrogen) atoms. The number of para-hydroxylation sites is 5. The molecule has 210 valence electrons. The molecule has 0 saturated heterocycles. The molecule has 0 N–H and O–H groups in total. The van der Waals surface area contributed by atoms with Crippen LogP contribution in [0.15, 0.2) is 146 Å². The number of rotatable bonds is 1. The van der Waals surface area contributed by atoms with Crippen molar-refractivity contribution >= 4 is 100 Å². The first-order chi connectivity index (χ1) is 22.9. The van der Waals surface area contributed by atoms with Gasteiger partial charge in [0.15, 0.2) is 0 Å². The molecule has 7 aromatic carbocycles. The number of fused-ring (bicyclic) bond motifs is 14. The van der Waals surface area contributed by atoms with Gasteiger partial charge >= 0.3 is 0 Å². The highest BCUT2D eigenvalue weighted by molar-refractivity contribution is 7.00. The molecule has 3 nitrogen and oxygen atoms in total. The molecule has 5 heterocycles. The average molecular weight is 581 g/mol. The van der Waals surface area contributed by atoms with Gasteiger partial charge in [-0.05, 0) is 58.9 Å². The van der Waals surface area contributed by atoms with Crippen molar-refractivity contribution in [2.75, 3.05) is 4.90 Å². The summed E-state index contributed by atoms with van der Waals surface area (Å²) in [5, 5.41) is 7.92. The molecular formula is C42H24BN3. The summed E-state index contributed by atoms with van der Waals surface area (Å²) in [4.78, 5) is 2.46. The monoisotopic (exact) mass is 581 g/mol. The minimum atomic E-state index is 0.150. The smallest absolute Gasteiger partial charge is 0.252 e. The van der Waals surface area contributed by atoms with E-state index in [-0.39, 0.29) is 6.71 Å². The highest BCUT2D eigenvalue weighted by Gasteiger charge is 2.41. The van der Waals surface area contributed by atoms with Crippen molar-refractivity contribution in [3.05, 3.63) is 146 Å². The third kappa shape index (κ3) is 2.54. The summed E-state index contributed by atoms with van der Waals surface area (Å²) >= 11 is 0. The Labute approximate surface area is 264 Å². The molecule has 4 heteroatoms. The van der Waals surface area contributed by atoms with E-state index in [0.717, 1.165) is 0 Å². The van der Waals surface area contributed by atoms with Crippen molar-refractivity contribution in [2.24, 2.45) is 0 Å². The summed E-state index contributed by atoms with van der Waals surface area (Å²) < 4.78 is 5.11. The van der Waals surface area contributed by atoms with Gasteiger partial charge in [0, 0.05) is 60.6 Å². The van der Waals surface area contributed by atoms with Gasteiger partial charge in [0.1, 0.15) is 0 Å². The quantitative estimate of drug-likeness (QED) is 0.177. The standard InChI is InChI=1S/C42H24BN3/c1-2-11-25(12-3-1)44-34-20-7-5-17-31(34)43-32-18-9-15-28-29-23-24-35-38(42(29)46(41(28)32)37-22-10-21-36(44)39(37)43)30-16-8-14-27-26-13-4-6-19-33(26)45(35)40(27)30/h1-24H. The van der Waals surface area contributed by atoms with Crippen molar-refractivity contribution in [3.63, 3.8) is 0 Å². The van der Waals surface area contributed by atoms with E-state index in [1.807, 2.05) is 0 Å². The maximum absolute atomic E-state index is 2.61. The normalized spacial score (nSPS) is 13.6. The molecule has 0 bridgehead atoms. The number of nitrogens with zero attached hydrogens (tertiary/aromatic N) is 3. The van der Waals surface area contributed by atoms with E-state index in [0.29, 0.717) is 0 Å². The topological polar surface area (TPSA) is 12.6 Å². The Morgan fingerprint density at radius 2 is 1.04 bits per heavy atom. The summed E-state index contributed by atoms with van der Waals surface area (Å²) in [5.41, 5.74) is 15.6. The molecule has 12 rings (SSSR count). The van der Waals surface area contributed by atoms with E-state index in [4.69, 9.17) is 0 Å². The first-order valence-electron chi connectivity index (χ1n) is 16.1. The van der Waals surface area contributed by atoms with Gasteiger partial charge in [0.05, 0.1) is 22.1 Å². The second-order valence-corrected chi connectivity index (χ2v) is 12.9. The number of anilines is 3. The summed E-state index contributed by atoms with van der Waals surface area (Å²) in [6, 6.07) is 54.1. The number of hydrogen-bond donors (Lipinski definition) is 0. The predicted molar refractivity (Wildman–Crippen MR) is 195 cm³/mol. The zero-order valence-corrected chi connectivity index (χ0v) is 24.8. The molecule has 2 aliphatic heterocycles. The SMILES string of the molecule is c1ccc(N2c3ccccc3B3c4c2cccc4-n2c4c3cccc4c3ccc4c(c5cccc6c7ccccc7n4c65)c32)cc1. The molecule has 0 amide bonds. The molecule has 0 fully saturated rings. The molecular weight excluding hydrogens is 557 g/mol. The van der Waals surface area contributed by atoms with E-state index in [9.17, 15) is 0 Å². The van der Waals surface area contributed by atoms with Gasteiger partial charge in [0.2, 0.25) is 0 Å². The van der Waals surface area contributed by atoms with Gasteiger partial charge in [-0.15, -0.1) is 0 Å². The van der Waals surface area contributed by atoms with Crippen molar-refractivity contribution in [1.82, 2.24) is 8.97 Å². The molecule has 0 saturated carbocycles. The minimum Gasteiger partial charge on any atom is -0.311 e. The van der Waals surface area contributed by atoms with Crippen LogP contribution in [0.1, 0.15) is 0 Å². The maximum atomic E-state index is 2.61. The lowest BCUT2D eigenvalue weighted by atomic mass is 9.34. The van der Waals surface area contributed by atoms with E-state index in [1.54, 1.807) is 0 Å². The van der Waals surface area contributed by atoms with E-state index >= 15 is 0 Å². The van der Waals surface area contributed by atoms with Crippen LogP contribution in [-0.2, 0) is 0 Å². The summed E-state index contributed by atoms with van der Waals surface area (Å²) in [5.74, 6) is 0. The molecule has 3 aromatic heterocycles. The molecule has 2 aliphatic rings. The Kier molecular flexibility index (Phi) is 4.06. The first-order valence-corrected chi connectivity index (χ1v) is 16.1. The Bertz CT molecular complexity index is 2930. The lowest BCUT2D eigenvalue weighted by Gasteiger charge is -2.40. The number of benzene rings is 7. The zero-order valence-electron chi connectivity index (χ0n) is 24.8. The fourth-order valence-corrected chi connectivity index (χ4v) is 9.19. The van der Waals surface area contributed by atoms with Crippen LogP contribution in [0.5, 0.6) is 0 Å². The molecule has 0 aliphatic carbocycles. The van der Waals surface area contributed by atoms with Crippen LogP contribution in [0.2, 0.25) is 0 Å². The third-order valence-electron chi connectivity index (χ3n) is 10.8. The van der Waals surface area contributed by atoms with Gasteiger partial charge in [0.25, 0.3) is 6.71 Å². The fraction of sp³-hybridized carbons (Fsp3) is 0. The summed E-state index contributed by atoms with van der Waals surface area (Å²) in [6.45, 7) is 0.150. The molecule has 0 radical (unpaired) electrons. The van der Waals surface area contributed by atoms with Crippen molar-refractivity contribution in [1.29, 1.82) is 0 Å². The van der Waals surface area contributed by atoms with Crippen molar-refractivity contribution in [3.8, 4) is 5.69 Å². The Hall–Kier alpha value is -6.00. The Balaban J connectivity index is 1.31. The van der Waals surface area contributed by atoms with Gasteiger partial charge in [-0.3, -0.25) is 0 Å². The van der Waals surface area contributed by atoms with E-state index < -0.39 is 0 Å². The van der Waals surface area contributed by atoms with Gasteiger partial charge in [-0.1, -0.05) is 103 Å². The molecule has 0 atom stereocenters. The van der Waals surface area contributed by atoms with Crippen molar-refractivity contribution < 1.29 is 0 Å². The molecule has 10 aromatic rings. The minimum absolute atomic E-state index is 0.150. The molecule has 0 spiro atoms. The van der Waals surface area contributed by atoms with Gasteiger partial charge < -0.3 is 13.9 Å². The third-order valence-corrected chi connectivity index (χ3v) is 10.8. The fourth-order valence-electron chi connectivity index (χ4n) is 9.19. The van der Waals surface area contributed by atoms with Crippen LogP contribution >= 0.6 is 0 Å². The predicted octanol–water partition coefficient (Wildman–Crippen LogP) is 8.55. The first kappa shape index (κ1) is 23.4. The second-order valence-electron chi connectivity index (χ2n) is 12.9. The highest BCUT2D eigenvalue weighted by atomic mass is 15.2. The van der Waals surface area contributed by atoms with E-state index in [1.165, 1.54) is 99.0 Å². The number of aromatic nitrogens is 2. The van der Waals surface area contributed by atoms with Crippen molar-refractivity contribution in [2.45, 2.75) is 0 Å². The van der Waals surface area contributed by atoms with E-state index in [2.05, 4.69) is 159 Å². The second kappa shape index (κ2) is 7.98. The molecule has 0 unspecified atom stereocenters. The highest BCUT2D eigenvalue weighted by Crippen LogP contribution is 2.46. The van der Waals surface area contributed by atoms with Gasteiger partial charge in [-0.25, -0.2) is 0 Å². The van der Waals surface area contributed by atoms with Crippen LogP contribution in [0.3, 0.4) is 0 Å². The Morgan fingerprint density at radius 3 is 1.98 bits per heavy atom. The average Bonchev–Trinajstić information content (AvgIpc) is 3.76. The van der Waals surface area contributed by atoms with Crippen LogP contribution in [0.25, 0.3) is 65.6 Å².